The molecule has 0 radical (unpaired) electrons. The fourth-order valence-electron chi connectivity index (χ4n) is 2.74. The van der Waals surface area contributed by atoms with Gasteiger partial charge in [0.1, 0.15) is 11.5 Å². The molecule has 0 saturated carbocycles. The van der Waals surface area contributed by atoms with Crippen molar-refractivity contribution in [1.82, 2.24) is 10.2 Å². The molecular formula is C15H22N2O3. The van der Waals surface area contributed by atoms with E-state index in [0.29, 0.717) is 36.4 Å². The maximum Gasteiger partial charge on any atom is 0.257 e. The lowest BCUT2D eigenvalue weighted by Crippen LogP contribution is -2.49. The Morgan fingerprint density at radius 3 is 2.85 bits per heavy atom. The van der Waals surface area contributed by atoms with Crippen LogP contribution in [0.3, 0.4) is 0 Å². The van der Waals surface area contributed by atoms with Crippen molar-refractivity contribution in [3.8, 4) is 11.5 Å². The number of carbonyl (C=O) groups excluding carboxylic acids is 1. The van der Waals surface area contributed by atoms with Gasteiger partial charge in [-0.25, -0.2) is 0 Å². The Kier molecular flexibility index (Phi) is 4.49. The van der Waals surface area contributed by atoms with Crippen LogP contribution in [-0.4, -0.2) is 49.2 Å². The summed E-state index contributed by atoms with van der Waals surface area (Å²) in [5.74, 6) is 0.830. The molecule has 1 aliphatic rings. The Morgan fingerprint density at radius 1 is 1.50 bits per heavy atom. The van der Waals surface area contributed by atoms with Gasteiger partial charge >= 0.3 is 0 Å². The molecule has 1 aliphatic heterocycles. The van der Waals surface area contributed by atoms with Crippen molar-refractivity contribution in [2.45, 2.75) is 19.4 Å². The van der Waals surface area contributed by atoms with Crippen LogP contribution in [0.4, 0.5) is 0 Å². The second-order valence-corrected chi connectivity index (χ2v) is 5.30. The quantitative estimate of drug-likeness (QED) is 0.879. The zero-order chi connectivity index (χ0) is 14.7. The summed E-state index contributed by atoms with van der Waals surface area (Å²) in [5, 5.41) is 13.2. The Balaban J connectivity index is 2.16. The van der Waals surface area contributed by atoms with Crippen LogP contribution < -0.4 is 10.1 Å². The van der Waals surface area contributed by atoms with E-state index in [2.05, 4.69) is 12.2 Å². The molecule has 0 spiro atoms. The van der Waals surface area contributed by atoms with Gasteiger partial charge in [0.05, 0.1) is 12.7 Å². The number of benzene rings is 1. The van der Waals surface area contributed by atoms with Gasteiger partial charge in [-0.05, 0) is 37.6 Å². The van der Waals surface area contributed by atoms with E-state index in [9.17, 15) is 9.90 Å². The number of phenolic OH excluding ortho intramolecular Hbond substituents is 1. The standard InChI is InChI=1S/C15H22N2O3/c1-10-9-17(7-6-13(10)16-2)15(19)12-8-11(20-3)4-5-14(12)18/h4-5,8,10,13,16,18H,6-7,9H2,1-3H3. The largest absolute Gasteiger partial charge is 0.507 e. The van der Waals surface area contributed by atoms with Gasteiger partial charge in [0.25, 0.3) is 5.91 Å². The van der Waals surface area contributed by atoms with Crippen molar-refractivity contribution < 1.29 is 14.6 Å². The molecule has 20 heavy (non-hydrogen) atoms. The van der Waals surface area contributed by atoms with Gasteiger partial charge in [0.2, 0.25) is 0 Å². The summed E-state index contributed by atoms with van der Waals surface area (Å²) in [5.41, 5.74) is 0.305. The molecule has 2 N–H and O–H groups in total. The summed E-state index contributed by atoms with van der Waals surface area (Å²) in [6, 6.07) is 5.17. The van der Waals surface area contributed by atoms with Gasteiger partial charge in [-0.2, -0.15) is 0 Å². The molecule has 5 nitrogen and oxygen atoms in total. The molecule has 0 aromatic heterocycles. The zero-order valence-electron chi connectivity index (χ0n) is 12.2. The monoisotopic (exact) mass is 278 g/mol. The molecule has 0 aliphatic carbocycles. The minimum absolute atomic E-state index is 0.000747. The predicted octanol–water partition coefficient (Wildman–Crippen LogP) is 1.47. The van der Waals surface area contributed by atoms with E-state index in [1.54, 1.807) is 24.1 Å². The average Bonchev–Trinajstić information content (AvgIpc) is 2.47. The third-order valence-electron chi connectivity index (χ3n) is 4.00. The van der Waals surface area contributed by atoms with Crippen LogP contribution in [-0.2, 0) is 0 Å². The number of ether oxygens (including phenoxy) is 1. The van der Waals surface area contributed by atoms with Gasteiger partial charge < -0.3 is 20.1 Å². The molecule has 2 unspecified atom stereocenters. The van der Waals surface area contributed by atoms with E-state index in [4.69, 9.17) is 4.74 Å². The number of nitrogens with one attached hydrogen (secondary N) is 1. The van der Waals surface area contributed by atoms with Crippen molar-refractivity contribution in [1.29, 1.82) is 0 Å². The number of methoxy groups -OCH3 is 1. The Bertz CT molecular complexity index is 490. The van der Waals surface area contributed by atoms with Crippen LogP contribution in [0.15, 0.2) is 18.2 Å². The molecule has 0 bridgehead atoms. The highest BCUT2D eigenvalue weighted by atomic mass is 16.5. The Morgan fingerprint density at radius 2 is 2.25 bits per heavy atom. The van der Waals surface area contributed by atoms with Gasteiger partial charge in [0, 0.05) is 19.1 Å². The number of rotatable bonds is 3. The van der Waals surface area contributed by atoms with Crippen LogP contribution in [0.5, 0.6) is 11.5 Å². The first-order valence-corrected chi connectivity index (χ1v) is 6.90. The second kappa shape index (κ2) is 6.13. The lowest BCUT2D eigenvalue weighted by Gasteiger charge is -2.36. The summed E-state index contributed by atoms with van der Waals surface area (Å²) in [4.78, 5) is 14.3. The van der Waals surface area contributed by atoms with Gasteiger partial charge in [-0.15, -0.1) is 0 Å². The highest BCUT2D eigenvalue weighted by Gasteiger charge is 2.29. The van der Waals surface area contributed by atoms with Crippen molar-refractivity contribution in [3.63, 3.8) is 0 Å². The van der Waals surface area contributed by atoms with E-state index in [0.717, 1.165) is 6.42 Å². The number of hydrogen-bond acceptors (Lipinski definition) is 4. The Hall–Kier alpha value is -1.75. The minimum Gasteiger partial charge on any atom is -0.507 e. The number of hydrogen-bond donors (Lipinski definition) is 2. The van der Waals surface area contributed by atoms with Crippen LogP contribution in [0.1, 0.15) is 23.7 Å². The number of aromatic hydroxyl groups is 1. The lowest BCUT2D eigenvalue weighted by molar-refractivity contribution is 0.0646. The first-order valence-electron chi connectivity index (χ1n) is 6.90. The summed E-state index contributed by atoms with van der Waals surface area (Å²) >= 11 is 0. The van der Waals surface area contributed by atoms with E-state index >= 15 is 0 Å². The Labute approximate surface area is 119 Å². The molecule has 1 saturated heterocycles. The molecule has 1 aromatic carbocycles. The molecule has 2 atom stereocenters. The van der Waals surface area contributed by atoms with Crippen LogP contribution >= 0.6 is 0 Å². The van der Waals surface area contributed by atoms with Crippen LogP contribution in [0.25, 0.3) is 0 Å². The van der Waals surface area contributed by atoms with Crippen molar-refractivity contribution in [2.75, 3.05) is 27.2 Å². The predicted molar refractivity (Wildman–Crippen MR) is 77.2 cm³/mol. The first kappa shape index (κ1) is 14.7. The van der Waals surface area contributed by atoms with Crippen LogP contribution in [0, 0.1) is 5.92 Å². The number of nitrogens with zero attached hydrogens (tertiary/aromatic N) is 1. The summed E-state index contributed by atoms with van der Waals surface area (Å²) in [6.07, 6.45) is 0.925. The fraction of sp³-hybridized carbons (Fsp3) is 0.533. The lowest BCUT2D eigenvalue weighted by atomic mass is 9.93. The summed E-state index contributed by atoms with van der Waals surface area (Å²) in [7, 11) is 3.49. The van der Waals surface area contributed by atoms with Gasteiger partial charge in [0.15, 0.2) is 0 Å². The minimum atomic E-state index is -0.136. The van der Waals surface area contributed by atoms with Crippen molar-refractivity contribution >= 4 is 5.91 Å². The highest BCUT2D eigenvalue weighted by molar-refractivity contribution is 5.97. The SMILES string of the molecule is CNC1CCN(C(=O)c2cc(OC)ccc2O)CC1C. The molecule has 5 heteroatoms. The molecule has 110 valence electrons. The van der Waals surface area contributed by atoms with E-state index in [1.807, 2.05) is 7.05 Å². The molecule has 2 rings (SSSR count). The van der Waals surface area contributed by atoms with Crippen molar-refractivity contribution in [2.24, 2.45) is 5.92 Å². The first-order chi connectivity index (χ1) is 9.56. The van der Waals surface area contributed by atoms with E-state index in [-0.39, 0.29) is 11.7 Å². The molecule has 1 aromatic rings. The normalized spacial score (nSPS) is 22.6. The highest BCUT2D eigenvalue weighted by Crippen LogP contribution is 2.26. The topological polar surface area (TPSA) is 61.8 Å². The average molecular weight is 278 g/mol. The zero-order valence-corrected chi connectivity index (χ0v) is 12.2. The smallest absolute Gasteiger partial charge is 0.257 e. The summed E-state index contributed by atoms with van der Waals surface area (Å²) < 4.78 is 5.11. The maximum atomic E-state index is 12.5. The molecule has 1 heterocycles. The second-order valence-electron chi connectivity index (χ2n) is 5.30. The van der Waals surface area contributed by atoms with Gasteiger partial charge in [-0.3, -0.25) is 4.79 Å². The molecule has 1 fully saturated rings. The number of phenols is 1. The number of amides is 1. The summed E-state index contributed by atoms with van der Waals surface area (Å²) in [6.45, 7) is 3.53. The van der Waals surface area contributed by atoms with E-state index < -0.39 is 0 Å². The van der Waals surface area contributed by atoms with E-state index in [1.165, 1.54) is 6.07 Å². The van der Waals surface area contributed by atoms with Crippen molar-refractivity contribution in [3.05, 3.63) is 23.8 Å². The van der Waals surface area contributed by atoms with Crippen LogP contribution in [0.2, 0.25) is 0 Å². The fourth-order valence-corrected chi connectivity index (χ4v) is 2.74. The molecular weight excluding hydrogens is 256 g/mol. The maximum absolute atomic E-state index is 12.5. The number of carbonyl (C=O) groups is 1. The third kappa shape index (κ3) is 2.88. The number of piperidine rings is 1. The third-order valence-corrected chi connectivity index (χ3v) is 4.00. The van der Waals surface area contributed by atoms with Gasteiger partial charge in [-0.1, -0.05) is 6.92 Å². The molecule has 1 amide bonds. The number of likely N-dealkylation sites (tertiary alicyclic amines) is 1.